The lowest BCUT2D eigenvalue weighted by Crippen LogP contribution is -2.26. The third-order valence-electron chi connectivity index (χ3n) is 6.61. The van der Waals surface area contributed by atoms with E-state index in [1.807, 2.05) is 10.8 Å². The van der Waals surface area contributed by atoms with Crippen LogP contribution < -0.4 is 11.1 Å². The van der Waals surface area contributed by atoms with E-state index >= 15 is 0 Å². The van der Waals surface area contributed by atoms with Crippen LogP contribution in [0.2, 0.25) is 0 Å². The first-order valence-electron chi connectivity index (χ1n) is 11.3. The molecule has 3 atom stereocenters. The van der Waals surface area contributed by atoms with Crippen molar-refractivity contribution in [3.8, 4) is 6.07 Å². The monoisotopic (exact) mass is 485 g/mol. The van der Waals surface area contributed by atoms with Crippen LogP contribution in [-0.4, -0.2) is 53.7 Å². The number of nitrogens with two attached hydrogens (primary N) is 1. The van der Waals surface area contributed by atoms with E-state index in [0.717, 1.165) is 35.7 Å². The van der Waals surface area contributed by atoms with Gasteiger partial charge < -0.3 is 21.1 Å². The number of sulfonamides is 1. The Morgan fingerprint density at radius 3 is 2.74 bits per heavy atom. The van der Waals surface area contributed by atoms with Crippen LogP contribution in [0.1, 0.15) is 54.8 Å². The summed E-state index contributed by atoms with van der Waals surface area (Å²) >= 11 is 0. The summed E-state index contributed by atoms with van der Waals surface area (Å²) in [6, 6.07) is 7.23. The number of hydrogen-bond acceptors (Lipinski definition) is 8. The molecular formula is C23H31N7O3S. The van der Waals surface area contributed by atoms with Crippen molar-refractivity contribution in [2.24, 2.45) is 11.7 Å². The highest BCUT2D eigenvalue weighted by molar-refractivity contribution is 7.89. The molecule has 1 fully saturated rings. The first kappa shape index (κ1) is 24.2. The van der Waals surface area contributed by atoms with Crippen LogP contribution in [0, 0.1) is 17.2 Å². The van der Waals surface area contributed by atoms with Crippen LogP contribution >= 0.6 is 0 Å². The van der Waals surface area contributed by atoms with Gasteiger partial charge in [-0.1, -0.05) is 12.8 Å². The third kappa shape index (κ3) is 4.18. The van der Waals surface area contributed by atoms with E-state index in [2.05, 4.69) is 11.4 Å². The average molecular weight is 486 g/mol. The van der Waals surface area contributed by atoms with Crippen molar-refractivity contribution in [2.45, 2.75) is 49.4 Å². The van der Waals surface area contributed by atoms with Gasteiger partial charge in [-0.15, -0.1) is 0 Å². The van der Waals surface area contributed by atoms with Crippen LogP contribution in [0.5, 0.6) is 0 Å². The lowest BCUT2D eigenvalue weighted by Gasteiger charge is -2.30. The van der Waals surface area contributed by atoms with Crippen molar-refractivity contribution >= 4 is 27.6 Å². The fraction of sp³-hybridized carbons (Fsp3) is 0.478. The van der Waals surface area contributed by atoms with Gasteiger partial charge in [0.1, 0.15) is 0 Å². The van der Waals surface area contributed by atoms with Crippen molar-refractivity contribution in [1.82, 2.24) is 19.0 Å². The number of aliphatic hydroxyl groups is 1. The van der Waals surface area contributed by atoms with Gasteiger partial charge >= 0.3 is 0 Å². The minimum atomic E-state index is -3.64. The molecule has 0 radical (unpaired) electrons. The Kier molecular flexibility index (Phi) is 6.69. The van der Waals surface area contributed by atoms with Crippen molar-refractivity contribution in [3.05, 3.63) is 41.2 Å². The molecule has 2 aromatic rings. The molecule has 1 aliphatic heterocycles. The zero-order valence-corrected chi connectivity index (χ0v) is 20.5. The van der Waals surface area contributed by atoms with Gasteiger partial charge in [0.15, 0.2) is 12.0 Å². The van der Waals surface area contributed by atoms with E-state index < -0.39 is 16.3 Å². The topological polar surface area (TPSA) is 141 Å². The van der Waals surface area contributed by atoms with Gasteiger partial charge in [0, 0.05) is 39.6 Å². The third-order valence-corrected chi connectivity index (χ3v) is 8.52. The van der Waals surface area contributed by atoms with Crippen LogP contribution in [0.4, 0.5) is 11.5 Å². The highest BCUT2D eigenvalue weighted by Crippen LogP contribution is 2.41. The number of nitriles is 1. The van der Waals surface area contributed by atoms with Gasteiger partial charge in [0.2, 0.25) is 10.0 Å². The van der Waals surface area contributed by atoms with E-state index in [9.17, 15) is 18.8 Å². The van der Waals surface area contributed by atoms with Gasteiger partial charge in [-0.25, -0.2) is 12.7 Å². The summed E-state index contributed by atoms with van der Waals surface area (Å²) in [5.41, 5.74) is 8.34. The van der Waals surface area contributed by atoms with Gasteiger partial charge in [-0.3, -0.25) is 4.68 Å². The maximum absolute atomic E-state index is 12.7. The van der Waals surface area contributed by atoms with Crippen molar-refractivity contribution < 1.29 is 13.5 Å². The molecule has 3 unspecified atom stereocenters. The molecule has 2 heterocycles. The number of aliphatic hydroxyl groups excluding tert-OH is 1. The smallest absolute Gasteiger partial charge is 0.242 e. The first-order valence-corrected chi connectivity index (χ1v) is 12.8. The van der Waals surface area contributed by atoms with E-state index in [4.69, 9.17) is 10.8 Å². The largest absolute Gasteiger partial charge is 0.369 e. The number of benzene rings is 1. The van der Waals surface area contributed by atoms with E-state index in [1.165, 1.54) is 20.2 Å². The highest BCUT2D eigenvalue weighted by Gasteiger charge is 2.34. The first-order chi connectivity index (χ1) is 16.2. The normalized spacial score (nSPS) is 22.5. The Bertz CT molecular complexity index is 1250. The number of aromatic nitrogens is 2. The van der Waals surface area contributed by atoms with Gasteiger partial charge in [0.25, 0.3) is 0 Å². The van der Waals surface area contributed by atoms with Crippen molar-refractivity contribution in [1.29, 1.82) is 5.26 Å². The molecule has 0 saturated heterocycles. The molecule has 4 N–H and O–H groups in total. The molecule has 10 nitrogen and oxygen atoms in total. The van der Waals surface area contributed by atoms with Crippen LogP contribution in [0.3, 0.4) is 0 Å². The van der Waals surface area contributed by atoms with Crippen molar-refractivity contribution in [2.75, 3.05) is 26.5 Å². The Labute approximate surface area is 200 Å². The summed E-state index contributed by atoms with van der Waals surface area (Å²) in [5, 5.41) is 28.7. The molecule has 0 bridgehead atoms. The molecule has 1 saturated carbocycles. The number of nitrogens with one attached hydrogen (secondary N) is 1. The van der Waals surface area contributed by atoms with E-state index in [-0.39, 0.29) is 23.4 Å². The summed E-state index contributed by atoms with van der Waals surface area (Å²) in [6.45, 7) is 0.0461. The van der Waals surface area contributed by atoms with Crippen molar-refractivity contribution in [3.63, 3.8) is 0 Å². The highest BCUT2D eigenvalue weighted by atomic mass is 32.2. The fourth-order valence-corrected chi connectivity index (χ4v) is 5.76. The van der Waals surface area contributed by atoms with E-state index in [1.54, 1.807) is 30.3 Å². The van der Waals surface area contributed by atoms with Gasteiger partial charge in [-0.2, -0.15) is 10.4 Å². The summed E-state index contributed by atoms with van der Waals surface area (Å²) in [7, 11) is 1.09. The molecule has 11 heteroatoms. The molecule has 1 aliphatic carbocycles. The SMILES string of the molecule is CN1C=Cc2c(c(Nc3ccc(S(=O)(=O)N(C)C)c(CN)c3)nn2C2CCCCC2C#N)C1O. The Hall–Kier alpha value is -2.91. The Morgan fingerprint density at radius 2 is 2.06 bits per heavy atom. The fourth-order valence-electron chi connectivity index (χ4n) is 4.66. The lowest BCUT2D eigenvalue weighted by molar-refractivity contribution is 0.0529. The number of nitrogens with zero attached hydrogens (tertiary/aromatic N) is 5. The number of rotatable bonds is 6. The summed E-state index contributed by atoms with van der Waals surface area (Å²) < 4.78 is 28.3. The molecule has 0 amide bonds. The second-order valence-electron chi connectivity index (χ2n) is 8.97. The number of fused-ring (bicyclic) bond motifs is 1. The maximum atomic E-state index is 12.7. The minimum absolute atomic E-state index is 0.0461. The van der Waals surface area contributed by atoms with Gasteiger partial charge in [-0.05, 0) is 42.7 Å². The Morgan fingerprint density at radius 1 is 1.32 bits per heavy atom. The molecular weight excluding hydrogens is 454 g/mol. The van der Waals surface area contributed by atoms with Crippen LogP contribution in [-0.2, 0) is 16.6 Å². The Balaban J connectivity index is 1.77. The average Bonchev–Trinajstić information content (AvgIpc) is 3.19. The molecule has 182 valence electrons. The summed E-state index contributed by atoms with van der Waals surface area (Å²) in [4.78, 5) is 1.83. The number of anilines is 2. The molecule has 34 heavy (non-hydrogen) atoms. The molecule has 0 spiro atoms. The molecule has 2 aliphatic rings. The van der Waals surface area contributed by atoms with Crippen LogP contribution in [0.15, 0.2) is 29.3 Å². The lowest BCUT2D eigenvalue weighted by atomic mass is 9.85. The minimum Gasteiger partial charge on any atom is -0.369 e. The second-order valence-corrected chi connectivity index (χ2v) is 11.1. The zero-order valence-electron chi connectivity index (χ0n) is 19.6. The molecule has 1 aromatic carbocycles. The quantitative estimate of drug-likeness (QED) is 0.567. The molecule has 4 rings (SSSR count). The summed E-state index contributed by atoms with van der Waals surface area (Å²) in [5.74, 6) is 0.322. The molecule has 1 aromatic heterocycles. The number of hydrogen-bond donors (Lipinski definition) is 3. The predicted molar refractivity (Wildman–Crippen MR) is 129 cm³/mol. The summed E-state index contributed by atoms with van der Waals surface area (Å²) in [6.07, 6.45) is 6.51. The standard InChI is InChI=1S/C23H31N7O3S/c1-28(2)34(32,33)20-9-8-17(12-16(20)14-25)26-22-21-19(10-11-29(3)23(21)31)30(27-22)18-7-5-4-6-15(18)13-24/h8-12,15,18,23,31H,4-7,14,25H2,1-3H3,(H,26,27). The van der Waals surface area contributed by atoms with Gasteiger partial charge in [0.05, 0.1) is 34.2 Å². The van der Waals surface area contributed by atoms with E-state index in [0.29, 0.717) is 22.6 Å². The zero-order chi connectivity index (χ0) is 24.6. The predicted octanol–water partition coefficient (Wildman–Crippen LogP) is 2.50. The second kappa shape index (κ2) is 9.38. The maximum Gasteiger partial charge on any atom is 0.242 e. The van der Waals surface area contributed by atoms with Crippen LogP contribution in [0.25, 0.3) is 6.08 Å².